The fourth-order valence-corrected chi connectivity index (χ4v) is 1.00. The lowest BCUT2D eigenvalue weighted by molar-refractivity contribution is -0.128. The van der Waals surface area contributed by atoms with Gasteiger partial charge in [-0.3, -0.25) is 4.79 Å². The number of carbonyl (C=O) groups is 1. The molecule has 1 aliphatic rings. The molecule has 3 nitrogen and oxygen atoms in total. The standard InChI is InChI=1S/C6H10FNO2/c1-4(9)8-2-5(7)6(10)3-8/h5-6,10H,2-3H2,1H3/t5-,6-/m1/s1. The summed E-state index contributed by atoms with van der Waals surface area (Å²) in [7, 11) is 0. The van der Waals surface area contributed by atoms with Crippen molar-refractivity contribution in [3.8, 4) is 0 Å². The van der Waals surface area contributed by atoms with Crippen LogP contribution in [0, 0.1) is 0 Å². The lowest BCUT2D eigenvalue weighted by atomic mass is 10.3. The van der Waals surface area contributed by atoms with Crippen molar-refractivity contribution in [3.05, 3.63) is 0 Å². The molecule has 0 saturated carbocycles. The van der Waals surface area contributed by atoms with Gasteiger partial charge in [-0.1, -0.05) is 0 Å². The van der Waals surface area contributed by atoms with Crippen LogP contribution >= 0.6 is 0 Å². The Hall–Kier alpha value is -0.640. The van der Waals surface area contributed by atoms with E-state index in [1.54, 1.807) is 0 Å². The van der Waals surface area contributed by atoms with Gasteiger partial charge in [0.1, 0.15) is 12.3 Å². The predicted octanol–water partition coefficient (Wildman–Crippen LogP) is -0.452. The average Bonchev–Trinajstić information content (AvgIpc) is 2.13. The molecule has 2 atom stereocenters. The number of hydrogen-bond donors (Lipinski definition) is 1. The summed E-state index contributed by atoms with van der Waals surface area (Å²) in [5.74, 6) is -0.181. The van der Waals surface area contributed by atoms with Gasteiger partial charge in [0, 0.05) is 13.5 Å². The van der Waals surface area contributed by atoms with Gasteiger partial charge >= 0.3 is 0 Å². The summed E-state index contributed by atoms with van der Waals surface area (Å²) in [5, 5.41) is 8.85. The molecule has 1 fully saturated rings. The SMILES string of the molecule is CC(=O)N1C[C@@H](O)[C@H](F)C1. The topological polar surface area (TPSA) is 40.5 Å². The minimum absolute atomic E-state index is 0.0382. The average molecular weight is 147 g/mol. The van der Waals surface area contributed by atoms with Crippen molar-refractivity contribution in [3.63, 3.8) is 0 Å². The van der Waals surface area contributed by atoms with Gasteiger partial charge in [0.05, 0.1) is 6.54 Å². The molecule has 0 aromatic rings. The number of carbonyl (C=O) groups excluding carboxylic acids is 1. The molecule has 0 unspecified atom stereocenters. The smallest absolute Gasteiger partial charge is 0.219 e. The first kappa shape index (κ1) is 7.47. The third kappa shape index (κ3) is 1.26. The molecule has 0 bridgehead atoms. The number of aliphatic hydroxyl groups excluding tert-OH is 1. The molecule has 1 aliphatic heterocycles. The normalized spacial score (nSPS) is 32.9. The van der Waals surface area contributed by atoms with E-state index in [9.17, 15) is 9.18 Å². The maximum absolute atomic E-state index is 12.5. The van der Waals surface area contributed by atoms with Gasteiger partial charge < -0.3 is 10.0 Å². The fraction of sp³-hybridized carbons (Fsp3) is 0.833. The molecule has 0 radical (unpaired) electrons. The Kier molecular flexibility index (Phi) is 1.89. The molecule has 0 spiro atoms. The van der Waals surface area contributed by atoms with E-state index < -0.39 is 12.3 Å². The highest BCUT2D eigenvalue weighted by atomic mass is 19.1. The zero-order valence-electron chi connectivity index (χ0n) is 5.75. The lowest BCUT2D eigenvalue weighted by Crippen LogP contribution is -2.26. The van der Waals surface area contributed by atoms with E-state index in [1.165, 1.54) is 11.8 Å². The van der Waals surface area contributed by atoms with Crippen LogP contribution in [0.25, 0.3) is 0 Å². The molecule has 1 heterocycles. The number of rotatable bonds is 0. The number of likely N-dealkylation sites (tertiary alicyclic amines) is 1. The Balaban J connectivity index is 2.49. The van der Waals surface area contributed by atoms with Gasteiger partial charge in [-0.2, -0.15) is 0 Å². The van der Waals surface area contributed by atoms with Crippen LogP contribution in [-0.4, -0.2) is 41.3 Å². The summed E-state index contributed by atoms with van der Waals surface area (Å²) >= 11 is 0. The van der Waals surface area contributed by atoms with Crippen molar-refractivity contribution in [1.82, 2.24) is 4.90 Å². The Morgan fingerprint density at radius 2 is 2.30 bits per heavy atom. The minimum atomic E-state index is -1.26. The van der Waals surface area contributed by atoms with Crippen molar-refractivity contribution >= 4 is 5.91 Å². The number of hydrogen-bond acceptors (Lipinski definition) is 2. The van der Waals surface area contributed by atoms with Crippen LogP contribution in [0.3, 0.4) is 0 Å². The van der Waals surface area contributed by atoms with Crippen molar-refractivity contribution in [2.75, 3.05) is 13.1 Å². The Morgan fingerprint density at radius 1 is 1.70 bits per heavy atom. The molecule has 1 rings (SSSR count). The van der Waals surface area contributed by atoms with E-state index in [1.807, 2.05) is 0 Å². The van der Waals surface area contributed by atoms with Gasteiger partial charge in [0.2, 0.25) is 5.91 Å². The molecule has 0 aromatic carbocycles. The predicted molar refractivity (Wildman–Crippen MR) is 33.2 cm³/mol. The van der Waals surface area contributed by atoms with E-state index in [4.69, 9.17) is 5.11 Å². The van der Waals surface area contributed by atoms with Crippen LogP contribution in [0.2, 0.25) is 0 Å². The number of halogens is 1. The highest BCUT2D eigenvalue weighted by Crippen LogP contribution is 2.12. The summed E-state index contributed by atoms with van der Waals surface area (Å²) in [6.07, 6.45) is -2.24. The van der Waals surface area contributed by atoms with Crippen LogP contribution in [0.15, 0.2) is 0 Å². The van der Waals surface area contributed by atoms with E-state index in [0.717, 1.165) is 0 Å². The quantitative estimate of drug-likeness (QED) is 0.504. The van der Waals surface area contributed by atoms with E-state index in [-0.39, 0.29) is 19.0 Å². The first-order chi connectivity index (χ1) is 4.61. The third-order valence-corrected chi connectivity index (χ3v) is 1.67. The summed E-state index contributed by atoms with van der Waals surface area (Å²) in [6, 6.07) is 0. The Bertz CT molecular complexity index is 141. The molecule has 58 valence electrons. The highest BCUT2D eigenvalue weighted by molar-refractivity contribution is 5.73. The first-order valence-electron chi connectivity index (χ1n) is 3.19. The molecule has 10 heavy (non-hydrogen) atoms. The molecule has 4 heteroatoms. The second-order valence-electron chi connectivity index (χ2n) is 2.51. The largest absolute Gasteiger partial charge is 0.388 e. The van der Waals surface area contributed by atoms with Gasteiger partial charge in [-0.25, -0.2) is 4.39 Å². The second kappa shape index (κ2) is 2.54. The summed E-state index contributed by atoms with van der Waals surface area (Å²) in [6.45, 7) is 1.54. The monoisotopic (exact) mass is 147 g/mol. The number of alkyl halides is 1. The third-order valence-electron chi connectivity index (χ3n) is 1.67. The van der Waals surface area contributed by atoms with Crippen LogP contribution < -0.4 is 0 Å². The minimum Gasteiger partial charge on any atom is -0.388 e. The van der Waals surface area contributed by atoms with E-state index in [0.29, 0.717) is 0 Å². The summed E-state index contributed by atoms with van der Waals surface area (Å²) < 4.78 is 12.5. The number of amides is 1. The number of nitrogens with zero attached hydrogens (tertiary/aromatic N) is 1. The molecule has 0 aromatic heterocycles. The highest BCUT2D eigenvalue weighted by Gasteiger charge is 2.32. The van der Waals surface area contributed by atoms with Crippen molar-refractivity contribution in [2.45, 2.75) is 19.2 Å². The van der Waals surface area contributed by atoms with Crippen molar-refractivity contribution in [1.29, 1.82) is 0 Å². The summed E-state index contributed by atoms with van der Waals surface area (Å²) in [5.41, 5.74) is 0. The molecule has 1 amide bonds. The van der Waals surface area contributed by atoms with Crippen molar-refractivity contribution in [2.24, 2.45) is 0 Å². The zero-order chi connectivity index (χ0) is 7.72. The first-order valence-corrected chi connectivity index (χ1v) is 3.19. The van der Waals surface area contributed by atoms with Crippen LogP contribution in [0.1, 0.15) is 6.92 Å². The van der Waals surface area contributed by atoms with Crippen LogP contribution in [0.5, 0.6) is 0 Å². The maximum atomic E-state index is 12.5. The van der Waals surface area contributed by atoms with Gasteiger partial charge in [-0.15, -0.1) is 0 Å². The molecular weight excluding hydrogens is 137 g/mol. The molecule has 1 N–H and O–H groups in total. The van der Waals surface area contributed by atoms with E-state index >= 15 is 0 Å². The summed E-state index contributed by atoms with van der Waals surface area (Å²) in [4.78, 5) is 11.9. The van der Waals surface area contributed by atoms with Gasteiger partial charge in [-0.05, 0) is 0 Å². The number of β-amino-alcohol motifs (C(OH)–C–C–N with tert-alkyl or cyclic N) is 1. The van der Waals surface area contributed by atoms with Crippen LogP contribution in [0.4, 0.5) is 4.39 Å². The maximum Gasteiger partial charge on any atom is 0.219 e. The second-order valence-corrected chi connectivity index (χ2v) is 2.51. The van der Waals surface area contributed by atoms with Crippen molar-refractivity contribution < 1.29 is 14.3 Å². The fourth-order valence-electron chi connectivity index (χ4n) is 1.00. The van der Waals surface area contributed by atoms with E-state index in [2.05, 4.69) is 0 Å². The molecule has 1 saturated heterocycles. The molecule has 0 aliphatic carbocycles. The van der Waals surface area contributed by atoms with Gasteiger partial charge in [0.15, 0.2) is 0 Å². The van der Waals surface area contributed by atoms with Gasteiger partial charge in [0.25, 0.3) is 0 Å². The zero-order valence-corrected chi connectivity index (χ0v) is 5.75. The Morgan fingerprint density at radius 3 is 2.50 bits per heavy atom. The Labute approximate surface area is 58.4 Å². The lowest BCUT2D eigenvalue weighted by Gasteiger charge is -2.10. The molecular formula is C6H10FNO2. The van der Waals surface area contributed by atoms with Crippen LogP contribution in [-0.2, 0) is 4.79 Å². The number of aliphatic hydroxyl groups is 1.